The molecule has 0 radical (unpaired) electrons. The molecule has 2 atom stereocenters. The molecule has 15 heavy (non-hydrogen) atoms. The van der Waals surface area contributed by atoms with E-state index in [9.17, 15) is 9.90 Å². The Balaban J connectivity index is 3.85. The Hall–Kier alpha value is -0.370. The molecule has 0 heterocycles. The maximum Gasteiger partial charge on any atom is 0.138 e. The number of aliphatic hydroxyl groups is 1. The van der Waals surface area contributed by atoms with Crippen LogP contribution in [-0.2, 0) is 4.79 Å². The van der Waals surface area contributed by atoms with Gasteiger partial charge >= 0.3 is 0 Å². The summed E-state index contributed by atoms with van der Waals surface area (Å²) in [5, 5.41) is 9.79. The van der Waals surface area contributed by atoms with E-state index >= 15 is 0 Å². The SMILES string of the molecule is CCCCCC(=O)C(C)C(O)CC(C)C. The van der Waals surface area contributed by atoms with Crippen molar-refractivity contribution < 1.29 is 9.90 Å². The molecule has 2 heteroatoms. The minimum absolute atomic E-state index is 0.191. The van der Waals surface area contributed by atoms with Crippen molar-refractivity contribution in [3.63, 3.8) is 0 Å². The van der Waals surface area contributed by atoms with Crippen molar-refractivity contribution in [2.75, 3.05) is 0 Å². The van der Waals surface area contributed by atoms with E-state index in [2.05, 4.69) is 20.8 Å². The Morgan fingerprint density at radius 1 is 1.20 bits per heavy atom. The van der Waals surface area contributed by atoms with Gasteiger partial charge in [0.25, 0.3) is 0 Å². The van der Waals surface area contributed by atoms with Crippen LogP contribution >= 0.6 is 0 Å². The second kappa shape index (κ2) is 7.86. The zero-order chi connectivity index (χ0) is 11.8. The molecule has 0 aliphatic carbocycles. The molecule has 0 spiro atoms. The molecule has 0 saturated heterocycles. The lowest BCUT2D eigenvalue weighted by atomic mass is 9.90. The Morgan fingerprint density at radius 2 is 1.80 bits per heavy atom. The normalized spacial score (nSPS) is 15.3. The van der Waals surface area contributed by atoms with Crippen molar-refractivity contribution in [3.05, 3.63) is 0 Å². The Kier molecular flexibility index (Phi) is 7.67. The van der Waals surface area contributed by atoms with Crippen molar-refractivity contribution >= 4 is 5.78 Å². The highest BCUT2D eigenvalue weighted by atomic mass is 16.3. The molecule has 0 bridgehead atoms. The molecule has 2 unspecified atom stereocenters. The zero-order valence-electron chi connectivity index (χ0n) is 10.6. The lowest BCUT2D eigenvalue weighted by molar-refractivity contribution is -0.126. The summed E-state index contributed by atoms with van der Waals surface area (Å²) in [5.41, 5.74) is 0. The van der Waals surface area contributed by atoms with Gasteiger partial charge in [-0.05, 0) is 18.8 Å². The van der Waals surface area contributed by atoms with Gasteiger partial charge in [0.05, 0.1) is 6.10 Å². The van der Waals surface area contributed by atoms with E-state index in [4.69, 9.17) is 0 Å². The molecule has 0 aliphatic rings. The average Bonchev–Trinajstić information content (AvgIpc) is 2.15. The molecule has 0 aliphatic heterocycles. The first-order valence-corrected chi connectivity index (χ1v) is 6.19. The van der Waals surface area contributed by atoms with Gasteiger partial charge in [0, 0.05) is 12.3 Å². The summed E-state index contributed by atoms with van der Waals surface area (Å²) in [5.74, 6) is 0.478. The first-order valence-electron chi connectivity index (χ1n) is 6.19. The minimum Gasteiger partial charge on any atom is -0.392 e. The number of Topliss-reactive ketones (excluding diaryl/α,β-unsaturated/α-hetero) is 1. The zero-order valence-corrected chi connectivity index (χ0v) is 10.6. The molecular weight excluding hydrogens is 188 g/mol. The van der Waals surface area contributed by atoms with Gasteiger partial charge in [-0.1, -0.05) is 40.5 Å². The van der Waals surface area contributed by atoms with Gasteiger partial charge in [0.2, 0.25) is 0 Å². The number of carbonyl (C=O) groups excluding carboxylic acids is 1. The van der Waals surface area contributed by atoms with E-state index in [-0.39, 0.29) is 11.7 Å². The van der Waals surface area contributed by atoms with Crippen LogP contribution in [0.1, 0.15) is 59.8 Å². The van der Waals surface area contributed by atoms with Crippen LogP contribution in [0.2, 0.25) is 0 Å². The molecule has 90 valence electrons. The smallest absolute Gasteiger partial charge is 0.138 e. The van der Waals surface area contributed by atoms with Crippen LogP contribution in [0.15, 0.2) is 0 Å². The first kappa shape index (κ1) is 14.6. The largest absolute Gasteiger partial charge is 0.392 e. The van der Waals surface area contributed by atoms with Gasteiger partial charge in [-0.2, -0.15) is 0 Å². The highest BCUT2D eigenvalue weighted by molar-refractivity contribution is 5.81. The third-order valence-electron chi connectivity index (χ3n) is 2.82. The maximum absolute atomic E-state index is 11.7. The number of ketones is 1. The highest BCUT2D eigenvalue weighted by Crippen LogP contribution is 2.16. The number of hydrogen-bond acceptors (Lipinski definition) is 2. The van der Waals surface area contributed by atoms with Crippen LogP contribution < -0.4 is 0 Å². The second-order valence-electron chi connectivity index (χ2n) is 4.91. The molecule has 2 nitrogen and oxygen atoms in total. The number of hydrogen-bond donors (Lipinski definition) is 1. The van der Waals surface area contributed by atoms with E-state index in [1.807, 2.05) is 6.92 Å². The van der Waals surface area contributed by atoms with Gasteiger partial charge in [-0.3, -0.25) is 4.79 Å². The van der Waals surface area contributed by atoms with Crippen LogP contribution in [-0.4, -0.2) is 17.0 Å². The number of rotatable bonds is 8. The monoisotopic (exact) mass is 214 g/mol. The third-order valence-corrected chi connectivity index (χ3v) is 2.82. The number of aliphatic hydroxyl groups excluding tert-OH is 1. The van der Waals surface area contributed by atoms with Crippen molar-refractivity contribution in [2.24, 2.45) is 11.8 Å². The van der Waals surface area contributed by atoms with Crippen molar-refractivity contribution in [1.29, 1.82) is 0 Å². The Morgan fingerprint density at radius 3 is 2.27 bits per heavy atom. The minimum atomic E-state index is -0.459. The first-order chi connectivity index (χ1) is 6.99. The fraction of sp³-hybridized carbons (Fsp3) is 0.923. The van der Waals surface area contributed by atoms with Gasteiger partial charge in [-0.15, -0.1) is 0 Å². The van der Waals surface area contributed by atoms with E-state index in [1.165, 1.54) is 0 Å². The molecule has 0 fully saturated rings. The van der Waals surface area contributed by atoms with E-state index < -0.39 is 6.10 Å². The van der Waals surface area contributed by atoms with Gasteiger partial charge < -0.3 is 5.11 Å². The summed E-state index contributed by atoms with van der Waals surface area (Å²) in [6.45, 7) is 8.11. The Labute approximate surface area is 94.1 Å². The Bertz CT molecular complexity index is 175. The topological polar surface area (TPSA) is 37.3 Å². The fourth-order valence-corrected chi connectivity index (χ4v) is 1.68. The fourth-order valence-electron chi connectivity index (χ4n) is 1.68. The average molecular weight is 214 g/mol. The molecule has 0 aromatic rings. The lowest BCUT2D eigenvalue weighted by Crippen LogP contribution is -2.26. The standard InChI is InChI=1S/C13H26O2/c1-5-6-7-8-12(14)11(4)13(15)9-10(2)3/h10-11,13,15H,5-9H2,1-4H3. The van der Waals surface area contributed by atoms with Crippen LogP contribution in [0.5, 0.6) is 0 Å². The summed E-state index contributed by atoms with van der Waals surface area (Å²) in [6.07, 6.45) is 4.10. The predicted octanol–water partition coefficient (Wildman–Crippen LogP) is 3.18. The summed E-state index contributed by atoms with van der Waals surface area (Å²) >= 11 is 0. The lowest BCUT2D eigenvalue weighted by Gasteiger charge is -2.19. The second-order valence-corrected chi connectivity index (χ2v) is 4.91. The van der Waals surface area contributed by atoms with Crippen molar-refractivity contribution in [1.82, 2.24) is 0 Å². The van der Waals surface area contributed by atoms with Crippen LogP contribution in [0.3, 0.4) is 0 Å². The number of carbonyl (C=O) groups is 1. The third kappa shape index (κ3) is 6.67. The van der Waals surface area contributed by atoms with Crippen LogP contribution in [0.25, 0.3) is 0 Å². The predicted molar refractivity (Wildman–Crippen MR) is 63.8 cm³/mol. The molecule has 0 aromatic heterocycles. The summed E-state index contributed by atoms with van der Waals surface area (Å²) in [7, 11) is 0. The van der Waals surface area contributed by atoms with Gasteiger partial charge in [-0.25, -0.2) is 0 Å². The van der Waals surface area contributed by atoms with E-state index in [1.54, 1.807) is 0 Å². The molecule has 0 amide bonds. The molecule has 1 N–H and O–H groups in total. The summed E-state index contributed by atoms with van der Waals surface area (Å²) in [4.78, 5) is 11.7. The number of unbranched alkanes of at least 4 members (excludes halogenated alkanes) is 2. The molecule has 0 rings (SSSR count). The quantitative estimate of drug-likeness (QED) is 0.630. The van der Waals surface area contributed by atoms with Crippen molar-refractivity contribution in [2.45, 2.75) is 65.9 Å². The summed E-state index contributed by atoms with van der Waals surface area (Å²) in [6, 6.07) is 0. The molecular formula is C13H26O2. The van der Waals surface area contributed by atoms with E-state index in [0.717, 1.165) is 25.7 Å². The van der Waals surface area contributed by atoms with Gasteiger partial charge in [0.1, 0.15) is 5.78 Å². The highest BCUT2D eigenvalue weighted by Gasteiger charge is 2.21. The van der Waals surface area contributed by atoms with Crippen LogP contribution in [0, 0.1) is 11.8 Å². The molecule has 0 aromatic carbocycles. The van der Waals surface area contributed by atoms with E-state index in [0.29, 0.717) is 12.3 Å². The maximum atomic E-state index is 11.7. The van der Waals surface area contributed by atoms with Crippen molar-refractivity contribution in [3.8, 4) is 0 Å². The molecule has 0 saturated carbocycles. The van der Waals surface area contributed by atoms with Crippen LogP contribution in [0.4, 0.5) is 0 Å². The summed E-state index contributed by atoms with van der Waals surface area (Å²) < 4.78 is 0. The van der Waals surface area contributed by atoms with Gasteiger partial charge in [0.15, 0.2) is 0 Å².